The van der Waals surface area contributed by atoms with E-state index >= 15 is 0 Å². The summed E-state index contributed by atoms with van der Waals surface area (Å²) in [6.07, 6.45) is 2.41. The number of carbonyl (C=O) groups is 1. The maximum atomic E-state index is 11.8. The molecule has 21 heavy (non-hydrogen) atoms. The molecule has 0 saturated heterocycles. The summed E-state index contributed by atoms with van der Waals surface area (Å²) < 4.78 is 10.6. The molecular weight excluding hydrogens is 286 g/mol. The Morgan fingerprint density at radius 3 is 3.00 bits per heavy atom. The first kappa shape index (κ1) is 13.9. The van der Waals surface area contributed by atoms with Gasteiger partial charge in [-0.25, -0.2) is 0 Å². The second kappa shape index (κ2) is 6.63. The highest BCUT2D eigenvalue weighted by molar-refractivity contribution is 7.09. The fraction of sp³-hybridized carbons (Fsp3) is 0.312. The molecule has 5 heteroatoms. The van der Waals surface area contributed by atoms with Gasteiger partial charge >= 0.3 is 0 Å². The average Bonchev–Trinajstić information content (AvgIpc) is 3.15. The van der Waals surface area contributed by atoms with Crippen LogP contribution in [-0.2, 0) is 17.8 Å². The number of ether oxygens (including phenoxy) is 2. The molecule has 1 aliphatic rings. The van der Waals surface area contributed by atoms with Gasteiger partial charge in [-0.05, 0) is 42.0 Å². The number of hydrogen-bond donors (Lipinski definition) is 1. The molecular formula is C16H17NO3S. The van der Waals surface area contributed by atoms with Crippen molar-refractivity contribution < 1.29 is 14.3 Å². The van der Waals surface area contributed by atoms with Crippen molar-refractivity contribution in [1.82, 2.24) is 5.32 Å². The number of carbonyl (C=O) groups excluding carboxylic acids is 1. The molecule has 1 aromatic carbocycles. The zero-order valence-electron chi connectivity index (χ0n) is 11.6. The number of fused-ring (bicyclic) bond motifs is 1. The van der Waals surface area contributed by atoms with Crippen LogP contribution in [0.5, 0.6) is 11.5 Å². The summed E-state index contributed by atoms with van der Waals surface area (Å²) >= 11 is 1.74. The zero-order chi connectivity index (χ0) is 14.5. The first-order valence-corrected chi connectivity index (χ1v) is 7.87. The van der Waals surface area contributed by atoms with Gasteiger partial charge in [-0.15, -0.1) is 11.3 Å². The molecule has 1 N–H and O–H groups in total. The minimum atomic E-state index is 0.0872. The normalized spacial score (nSPS) is 12.4. The summed E-state index contributed by atoms with van der Waals surface area (Å²) in [6, 6.07) is 9.88. The van der Waals surface area contributed by atoms with Gasteiger partial charge in [0.1, 0.15) is 0 Å². The van der Waals surface area contributed by atoms with E-state index in [4.69, 9.17) is 9.47 Å². The molecule has 1 aliphatic heterocycles. The van der Waals surface area contributed by atoms with Crippen molar-refractivity contribution in [2.45, 2.75) is 25.8 Å². The van der Waals surface area contributed by atoms with E-state index in [1.807, 2.05) is 24.3 Å². The van der Waals surface area contributed by atoms with Crippen molar-refractivity contribution in [3.8, 4) is 11.5 Å². The molecule has 2 heterocycles. The number of nitrogens with one attached hydrogen (secondary N) is 1. The fourth-order valence-corrected chi connectivity index (χ4v) is 2.97. The van der Waals surface area contributed by atoms with Gasteiger partial charge in [0.05, 0.1) is 0 Å². The molecule has 3 rings (SSSR count). The Labute approximate surface area is 127 Å². The summed E-state index contributed by atoms with van der Waals surface area (Å²) in [5, 5.41) is 5.00. The summed E-state index contributed by atoms with van der Waals surface area (Å²) in [6.45, 7) is 0.794. The van der Waals surface area contributed by atoms with Gasteiger partial charge in [0, 0.05) is 17.8 Å². The predicted molar refractivity (Wildman–Crippen MR) is 81.7 cm³/mol. The van der Waals surface area contributed by atoms with Crippen LogP contribution in [0.15, 0.2) is 35.7 Å². The van der Waals surface area contributed by atoms with Crippen LogP contribution in [0, 0.1) is 0 Å². The molecule has 1 aromatic heterocycles. The van der Waals surface area contributed by atoms with Crippen molar-refractivity contribution in [3.05, 3.63) is 46.2 Å². The van der Waals surface area contributed by atoms with E-state index < -0.39 is 0 Å². The largest absolute Gasteiger partial charge is 0.454 e. The Balaban J connectivity index is 1.41. The fourth-order valence-electron chi connectivity index (χ4n) is 2.22. The quantitative estimate of drug-likeness (QED) is 0.892. The number of hydrogen-bond acceptors (Lipinski definition) is 4. The predicted octanol–water partition coefficient (Wildman–Crippen LogP) is 3.12. The molecule has 2 aromatic rings. The van der Waals surface area contributed by atoms with Gasteiger partial charge in [0.2, 0.25) is 12.7 Å². The molecule has 0 radical (unpaired) electrons. The maximum absolute atomic E-state index is 11.8. The van der Waals surface area contributed by atoms with E-state index in [0.717, 1.165) is 29.9 Å². The Morgan fingerprint density at radius 2 is 2.14 bits per heavy atom. The lowest BCUT2D eigenvalue weighted by Gasteiger charge is -2.06. The number of thiophene rings is 1. The topological polar surface area (TPSA) is 47.6 Å². The molecule has 0 aliphatic carbocycles. The molecule has 0 saturated carbocycles. The Bertz CT molecular complexity index is 610. The van der Waals surface area contributed by atoms with E-state index in [0.29, 0.717) is 13.0 Å². The lowest BCUT2D eigenvalue weighted by Crippen LogP contribution is -2.22. The zero-order valence-corrected chi connectivity index (χ0v) is 12.4. The highest BCUT2D eigenvalue weighted by atomic mass is 32.1. The summed E-state index contributed by atoms with van der Waals surface area (Å²) in [7, 11) is 0. The number of aryl methyl sites for hydroxylation is 1. The van der Waals surface area contributed by atoms with Crippen molar-refractivity contribution in [2.24, 2.45) is 0 Å². The lowest BCUT2D eigenvalue weighted by molar-refractivity contribution is -0.121. The van der Waals surface area contributed by atoms with Gasteiger partial charge in [-0.3, -0.25) is 4.79 Å². The van der Waals surface area contributed by atoms with Crippen LogP contribution >= 0.6 is 11.3 Å². The second-order valence-electron chi connectivity index (χ2n) is 4.90. The highest BCUT2D eigenvalue weighted by Gasteiger charge is 2.13. The number of amides is 1. The number of rotatable bonds is 6. The van der Waals surface area contributed by atoms with Crippen LogP contribution in [0.1, 0.15) is 23.3 Å². The van der Waals surface area contributed by atoms with Gasteiger partial charge < -0.3 is 14.8 Å². The van der Waals surface area contributed by atoms with Crippen molar-refractivity contribution in [2.75, 3.05) is 6.79 Å². The van der Waals surface area contributed by atoms with Crippen LogP contribution in [0.4, 0.5) is 0 Å². The van der Waals surface area contributed by atoms with Gasteiger partial charge in [-0.2, -0.15) is 0 Å². The first-order valence-electron chi connectivity index (χ1n) is 6.99. The third-order valence-corrected chi connectivity index (χ3v) is 4.27. The Morgan fingerprint density at radius 1 is 1.24 bits per heavy atom. The molecule has 0 fully saturated rings. The molecule has 1 amide bonds. The van der Waals surface area contributed by atoms with E-state index in [2.05, 4.69) is 16.8 Å². The highest BCUT2D eigenvalue weighted by Crippen LogP contribution is 2.32. The average molecular weight is 303 g/mol. The monoisotopic (exact) mass is 303 g/mol. The molecule has 0 unspecified atom stereocenters. The van der Waals surface area contributed by atoms with Crippen molar-refractivity contribution in [1.29, 1.82) is 0 Å². The van der Waals surface area contributed by atoms with Gasteiger partial charge in [0.25, 0.3) is 0 Å². The standard InChI is InChI=1S/C16H17NO3S/c18-16(5-1-3-13-4-2-8-21-13)17-10-12-6-7-14-15(9-12)20-11-19-14/h2,4,6-9H,1,3,5,10-11H2,(H,17,18). The smallest absolute Gasteiger partial charge is 0.231 e. The molecule has 0 bridgehead atoms. The van der Waals surface area contributed by atoms with Crippen molar-refractivity contribution >= 4 is 17.2 Å². The Hall–Kier alpha value is -2.01. The van der Waals surface area contributed by atoms with E-state index in [-0.39, 0.29) is 12.7 Å². The molecule has 110 valence electrons. The van der Waals surface area contributed by atoms with E-state index in [1.165, 1.54) is 4.88 Å². The SMILES string of the molecule is O=C(CCCc1cccs1)NCc1ccc2c(c1)OCO2. The second-order valence-corrected chi connectivity index (χ2v) is 5.93. The van der Waals surface area contributed by atoms with Gasteiger partial charge in [-0.1, -0.05) is 12.1 Å². The first-order chi connectivity index (χ1) is 10.3. The van der Waals surface area contributed by atoms with Crippen LogP contribution < -0.4 is 14.8 Å². The third-order valence-electron chi connectivity index (χ3n) is 3.33. The molecule has 0 spiro atoms. The van der Waals surface area contributed by atoms with Gasteiger partial charge in [0.15, 0.2) is 11.5 Å². The van der Waals surface area contributed by atoms with Crippen molar-refractivity contribution in [3.63, 3.8) is 0 Å². The minimum Gasteiger partial charge on any atom is -0.454 e. The number of benzene rings is 1. The maximum Gasteiger partial charge on any atom is 0.231 e. The summed E-state index contributed by atoms with van der Waals surface area (Å²) in [5.41, 5.74) is 1.02. The summed E-state index contributed by atoms with van der Waals surface area (Å²) in [4.78, 5) is 13.1. The minimum absolute atomic E-state index is 0.0872. The molecule has 0 atom stereocenters. The van der Waals surface area contributed by atoms with Crippen LogP contribution in [-0.4, -0.2) is 12.7 Å². The summed E-state index contributed by atoms with van der Waals surface area (Å²) in [5.74, 6) is 1.60. The van der Waals surface area contributed by atoms with Crippen LogP contribution in [0.2, 0.25) is 0 Å². The van der Waals surface area contributed by atoms with Crippen LogP contribution in [0.25, 0.3) is 0 Å². The van der Waals surface area contributed by atoms with Crippen LogP contribution in [0.3, 0.4) is 0 Å². The lowest BCUT2D eigenvalue weighted by atomic mass is 10.2. The molecule has 4 nitrogen and oxygen atoms in total. The Kier molecular flexibility index (Phi) is 4.40. The van der Waals surface area contributed by atoms with E-state index in [9.17, 15) is 4.79 Å². The van der Waals surface area contributed by atoms with E-state index in [1.54, 1.807) is 11.3 Å². The third kappa shape index (κ3) is 3.76.